The summed E-state index contributed by atoms with van der Waals surface area (Å²) in [6.07, 6.45) is -1.52. The van der Waals surface area contributed by atoms with Crippen molar-refractivity contribution in [2.24, 2.45) is 0 Å². The van der Waals surface area contributed by atoms with Crippen LogP contribution in [0.3, 0.4) is 0 Å². The molecule has 2 heterocycles. The molecule has 2 aromatic heterocycles. The fourth-order valence-corrected chi connectivity index (χ4v) is 7.50. The number of nitrogens with zero attached hydrogens (tertiary/aromatic N) is 2. The molecule has 0 aliphatic rings. The quantitative estimate of drug-likeness (QED) is 0.170. The molecule has 2 atom stereocenters. The molecule has 12 heteroatoms. The van der Waals surface area contributed by atoms with Crippen molar-refractivity contribution in [2.75, 3.05) is 14.2 Å². The molecular weight excluding hydrogens is 679 g/mol. The van der Waals surface area contributed by atoms with Crippen molar-refractivity contribution < 1.29 is 28.1 Å². The number of rotatable bonds is 9. The molecule has 0 fully saturated rings. The summed E-state index contributed by atoms with van der Waals surface area (Å²) in [7, 11) is -1.29. The number of aliphatic hydroxyl groups excluding tert-OH is 2. The van der Waals surface area contributed by atoms with E-state index in [1.807, 2.05) is 6.92 Å². The number of hydrogen-bond acceptors (Lipinski definition) is 6. The average Bonchev–Trinajstić information content (AvgIpc) is 3.56. The molecule has 2 unspecified atom stereocenters. The zero-order chi connectivity index (χ0) is 31.1. The summed E-state index contributed by atoms with van der Waals surface area (Å²) in [5.74, 6) is 0.754. The van der Waals surface area contributed by atoms with E-state index in [9.17, 15) is 18.6 Å². The van der Waals surface area contributed by atoms with Crippen molar-refractivity contribution in [1.82, 2.24) is 8.54 Å². The first-order valence-electron chi connectivity index (χ1n) is 12.9. The van der Waals surface area contributed by atoms with Gasteiger partial charge in [0.25, 0.3) is 10.0 Å². The lowest BCUT2D eigenvalue weighted by Gasteiger charge is -2.22. The van der Waals surface area contributed by atoms with Gasteiger partial charge in [-0.1, -0.05) is 77.3 Å². The number of benzene rings is 3. The largest absolute Gasteiger partial charge is 0.496 e. The van der Waals surface area contributed by atoms with Gasteiger partial charge >= 0.3 is 0 Å². The van der Waals surface area contributed by atoms with Gasteiger partial charge in [0.15, 0.2) is 0 Å². The molecule has 43 heavy (non-hydrogen) atoms. The third-order valence-electron chi connectivity index (χ3n) is 7.11. The molecule has 5 aromatic rings. The smallest absolute Gasteiger partial charge is 0.268 e. The SMILES string of the molecule is COc1ccccc1C(O)c1c(-n2c(Cl)c(Cl)c(Br)c2C(O)c2ccccc2OC)ccn1S(=O)(=O)c1ccc(C)cc1. The van der Waals surface area contributed by atoms with Crippen LogP contribution in [0.15, 0.2) is 94.4 Å². The first kappa shape index (κ1) is 31.2. The van der Waals surface area contributed by atoms with E-state index in [0.717, 1.165) is 9.54 Å². The van der Waals surface area contributed by atoms with Crippen LogP contribution in [-0.4, -0.2) is 41.4 Å². The van der Waals surface area contributed by atoms with Gasteiger partial charge in [0.05, 0.1) is 45.7 Å². The Morgan fingerprint density at radius 2 is 1.30 bits per heavy atom. The first-order valence-corrected chi connectivity index (χ1v) is 15.9. The summed E-state index contributed by atoms with van der Waals surface area (Å²) in [6, 6.07) is 21.5. The third-order valence-corrected chi connectivity index (χ3v) is 10.7. The minimum absolute atomic E-state index is 0.0147. The van der Waals surface area contributed by atoms with Crippen molar-refractivity contribution in [2.45, 2.75) is 24.0 Å². The summed E-state index contributed by atoms with van der Waals surface area (Å²) >= 11 is 16.9. The molecule has 0 spiro atoms. The highest BCUT2D eigenvalue weighted by atomic mass is 79.9. The second-order valence-electron chi connectivity index (χ2n) is 9.63. The second-order valence-corrected chi connectivity index (χ2v) is 13.0. The Labute approximate surface area is 267 Å². The molecular formula is C31H27BrCl2N2O6S. The second kappa shape index (κ2) is 12.4. The summed E-state index contributed by atoms with van der Waals surface area (Å²) in [5.41, 5.74) is 1.91. The Morgan fingerprint density at radius 3 is 1.84 bits per heavy atom. The van der Waals surface area contributed by atoms with Crippen molar-refractivity contribution in [1.29, 1.82) is 0 Å². The molecule has 0 saturated carbocycles. The summed E-state index contributed by atoms with van der Waals surface area (Å²) in [6.45, 7) is 1.85. The highest BCUT2D eigenvalue weighted by Crippen LogP contribution is 2.46. The number of hydrogen-bond donors (Lipinski definition) is 2. The van der Waals surface area contributed by atoms with Crippen LogP contribution in [0.2, 0.25) is 10.2 Å². The van der Waals surface area contributed by atoms with Crippen molar-refractivity contribution in [3.05, 3.63) is 128 Å². The van der Waals surface area contributed by atoms with Crippen molar-refractivity contribution in [3.8, 4) is 17.2 Å². The standard InChI is InChI=1S/C31H27BrCl2N2O6S/c1-18-12-14-19(15-13-18)43(39,40)35-17-16-22(27(35)29(37)20-8-4-6-10-23(20)41-2)36-28(25(32)26(33)31(36)34)30(38)21-9-5-7-11-24(21)42-3/h4-17,29-30,37-38H,1-3H3. The van der Waals surface area contributed by atoms with Gasteiger partial charge in [-0.2, -0.15) is 0 Å². The summed E-state index contributed by atoms with van der Waals surface area (Å²) in [4.78, 5) is 0.0147. The number of aryl methyl sites for hydroxylation is 1. The van der Waals surface area contributed by atoms with Crippen LogP contribution in [0.25, 0.3) is 5.69 Å². The number of aliphatic hydroxyl groups is 2. The molecule has 0 aliphatic heterocycles. The van der Waals surface area contributed by atoms with Crippen LogP contribution in [0, 0.1) is 6.92 Å². The number of ether oxygens (including phenoxy) is 2. The van der Waals surface area contributed by atoms with Gasteiger partial charge in [0, 0.05) is 17.3 Å². The summed E-state index contributed by atoms with van der Waals surface area (Å²) < 4.78 is 41.8. The predicted molar refractivity (Wildman–Crippen MR) is 169 cm³/mol. The van der Waals surface area contributed by atoms with Crippen LogP contribution in [0.1, 0.15) is 40.3 Å². The number of halogens is 3. The van der Waals surface area contributed by atoms with Gasteiger partial charge in [-0.25, -0.2) is 12.4 Å². The molecule has 0 aliphatic carbocycles. The van der Waals surface area contributed by atoms with Crippen molar-refractivity contribution in [3.63, 3.8) is 0 Å². The monoisotopic (exact) mass is 704 g/mol. The van der Waals surface area contributed by atoms with E-state index in [2.05, 4.69) is 15.9 Å². The van der Waals surface area contributed by atoms with E-state index in [1.54, 1.807) is 60.7 Å². The highest BCUT2D eigenvalue weighted by Gasteiger charge is 2.34. The molecule has 2 N–H and O–H groups in total. The van der Waals surface area contributed by atoms with Gasteiger partial charge in [-0.3, -0.25) is 4.57 Å². The Balaban J connectivity index is 1.82. The Kier molecular flexibility index (Phi) is 8.99. The van der Waals surface area contributed by atoms with Crippen LogP contribution in [0.4, 0.5) is 0 Å². The van der Waals surface area contributed by atoms with Crippen LogP contribution < -0.4 is 9.47 Å². The van der Waals surface area contributed by atoms with Gasteiger partial charge in [-0.05, 0) is 53.2 Å². The average molecular weight is 706 g/mol. The lowest BCUT2D eigenvalue weighted by atomic mass is 10.0. The molecule has 8 nitrogen and oxygen atoms in total. The molecule has 0 amide bonds. The van der Waals surface area contributed by atoms with Gasteiger partial charge in [-0.15, -0.1) is 0 Å². The zero-order valence-corrected chi connectivity index (χ0v) is 27.1. The fraction of sp³-hybridized carbons (Fsp3) is 0.161. The molecule has 3 aromatic carbocycles. The predicted octanol–water partition coefficient (Wildman–Crippen LogP) is 7.07. The highest BCUT2D eigenvalue weighted by molar-refractivity contribution is 9.10. The number of aromatic nitrogens is 2. The molecule has 5 rings (SSSR count). The molecule has 0 saturated heterocycles. The number of para-hydroxylation sites is 2. The van der Waals surface area contributed by atoms with Gasteiger partial charge in [0.1, 0.15) is 28.9 Å². The Hall–Kier alpha value is -3.25. The number of methoxy groups -OCH3 is 2. The maximum absolute atomic E-state index is 14.1. The van der Waals surface area contributed by atoms with E-state index in [1.165, 1.54) is 43.2 Å². The van der Waals surface area contributed by atoms with E-state index < -0.39 is 22.2 Å². The van der Waals surface area contributed by atoms with E-state index in [4.69, 9.17) is 32.7 Å². The first-order chi connectivity index (χ1) is 20.5. The van der Waals surface area contributed by atoms with Crippen LogP contribution in [0.5, 0.6) is 11.5 Å². The van der Waals surface area contributed by atoms with E-state index in [0.29, 0.717) is 22.6 Å². The fourth-order valence-electron chi connectivity index (χ4n) is 4.96. The Morgan fingerprint density at radius 1 is 0.791 bits per heavy atom. The minimum Gasteiger partial charge on any atom is -0.496 e. The lowest BCUT2D eigenvalue weighted by molar-refractivity contribution is 0.203. The van der Waals surface area contributed by atoms with Crippen LogP contribution in [-0.2, 0) is 10.0 Å². The topological polar surface area (TPSA) is 103 Å². The molecule has 224 valence electrons. The van der Waals surface area contributed by atoms with Crippen molar-refractivity contribution >= 4 is 49.2 Å². The van der Waals surface area contributed by atoms with Crippen LogP contribution >= 0.6 is 39.1 Å². The Bertz CT molecular complexity index is 1900. The van der Waals surface area contributed by atoms with Gasteiger partial charge < -0.3 is 19.7 Å². The van der Waals surface area contributed by atoms with E-state index >= 15 is 0 Å². The van der Waals surface area contributed by atoms with E-state index in [-0.39, 0.29) is 36.6 Å². The minimum atomic E-state index is -4.23. The third kappa shape index (κ3) is 5.48. The van der Waals surface area contributed by atoms with Gasteiger partial charge in [0.2, 0.25) is 0 Å². The maximum atomic E-state index is 14.1. The molecule has 0 radical (unpaired) electrons. The maximum Gasteiger partial charge on any atom is 0.268 e. The summed E-state index contributed by atoms with van der Waals surface area (Å²) in [5, 5.41) is 23.7. The zero-order valence-electron chi connectivity index (χ0n) is 23.2. The lowest BCUT2D eigenvalue weighted by Crippen LogP contribution is -2.20. The normalized spacial score (nSPS) is 13.1. The molecule has 0 bridgehead atoms.